The maximum atomic E-state index is 16.0. The summed E-state index contributed by atoms with van der Waals surface area (Å²) in [5.41, 5.74) is 2.58. The lowest BCUT2D eigenvalue weighted by molar-refractivity contribution is -0.128. The van der Waals surface area contributed by atoms with Crippen LogP contribution in [0.1, 0.15) is 44.9 Å². The van der Waals surface area contributed by atoms with Gasteiger partial charge in [-0.2, -0.15) is 10.1 Å². The molecule has 1 saturated heterocycles. The zero-order chi connectivity index (χ0) is 33.4. The number of rotatable bonds is 8. The Hall–Kier alpha value is -5.26. The number of piperazine rings is 1. The molecule has 0 bridgehead atoms. The first kappa shape index (κ1) is 31.7. The Morgan fingerprint density at radius 1 is 1.06 bits per heavy atom. The molecule has 6 rings (SSSR count). The Kier molecular flexibility index (Phi) is 8.67. The third-order valence-electron chi connectivity index (χ3n) is 8.68. The lowest BCUT2D eigenvalue weighted by atomic mass is 9.99. The fourth-order valence-electron chi connectivity index (χ4n) is 6.23. The highest BCUT2D eigenvalue weighted by Gasteiger charge is 2.33. The van der Waals surface area contributed by atoms with E-state index < -0.39 is 17.3 Å². The second-order valence-electron chi connectivity index (χ2n) is 12.2. The highest BCUT2D eigenvalue weighted by molar-refractivity contribution is 5.90. The minimum absolute atomic E-state index is 0.0179. The number of aryl methyl sites for hydroxylation is 2. The molecule has 1 aliphatic heterocycles. The lowest BCUT2D eigenvalue weighted by Gasteiger charge is -2.44. The average molecular weight is 639 g/mol. The maximum Gasteiger partial charge on any atom is 0.348 e. The molecule has 0 unspecified atom stereocenters. The molecule has 10 nitrogen and oxygen atoms in total. The van der Waals surface area contributed by atoms with Gasteiger partial charge in [0.05, 0.1) is 11.1 Å². The predicted molar refractivity (Wildman–Crippen MR) is 177 cm³/mol. The van der Waals surface area contributed by atoms with E-state index in [1.165, 1.54) is 18.2 Å². The molecule has 1 N–H and O–H groups in total. The van der Waals surface area contributed by atoms with Gasteiger partial charge < -0.3 is 9.80 Å². The van der Waals surface area contributed by atoms with Gasteiger partial charge in [-0.3, -0.25) is 19.4 Å². The van der Waals surface area contributed by atoms with Crippen LogP contribution in [0.3, 0.4) is 0 Å². The van der Waals surface area contributed by atoms with Crippen molar-refractivity contribution in [3.8, 4) is 22.5 Å². The smallest absolute Gasteiger partial charge is 0.348 e. The summed E-state index contributed by atoms with van der Waals surface area (Å²) in [6.45, 7) is 12.7. The number of carbonyl (C=O) groups excluding carboxylic acids is 1. The van der Waals surface area contributed by atoms with Crippen LogP contribution in [0.2, 0.25) is 0 Å². The SMILES string of the molecule is C=CC(=O)N1C[C@H](C)N(c2nc(=O)[nH]c3nc(-c4c(F)cccc4CCn4nccc4-c4ccnc(C(C)C)c4)c(F)cc23)C[C@H]1C. The van der Waals surface area contributed by atoms with Gasteiger partial charge in [-0.25, -0.2) is 18.6 Å². The van der Waals surface area contributed by atoms with Gasteiger partial charge in [0.25, 0.3) is 0 Å². The summed E-state index contributed by atoms with van der Waals surface area (Å²) in [6, 6.07) is 11.3. The number of halogens is 2. The molecule has 0 aliphatic carbocycles. The van der Waals surface area contributed by atoms with Crippen LogP contribution in [0.5, 0.6) is 0 Å². The lowest BCUT2D eigenvalue weighted by Crippen LogP contribution is -2.58. The van der Waals surface area contributed by atoms with Gasteiger partial charge in [-0.1, -0.05) is 32.6 Å². The minimum atomic E-state index is -0.752. The molecule has 5 aromatic rings. The second kappa shape index (κ2) is 12.9. The van der Waals surface area contributed by atoms with Crippen molar-refractivity contribution in [3.05, 3.63) is 101 Å². The van der Waals surface area contributed by atoms with Gasteiger partial charge in [0.2, 0.25) is 5.91 Å². The number of anilines is 1. The van der Waals surface area contributed by atoms with Crippen LogP contribution < -0.4 is 10.6 Å². The Balaban J connectivity index is 1.34. The summed E-state index contributed by atoms with van der Waals surface area (Å²) in [7, 11) is 0. The largest absolute Gasteiger partial charge is 0.349 e. The second-order valence-corrected chi connectivity index (χ2v) is 12.2. The molecular weight excluding hydrogens is 602 g/mol. The zero-order valence-corrected chi connectivity index (χ0v) is 26.7. The molecule has 242 valence electrons. The van der Waals surface area contributed by atoms with Crippen molar-refractivity contribution in [2.24, 2.45) is 0 Å². The number of aromatic nitrogens is 6. The molecule has 5 heterocycles. The highest BCUT2D eigenvalue weighted by Crippen LogP contribution is 2.33. The maximum absolute atomic E-state index is 16.0. The molecule has 1 aromatic carbocycles. The summed E-state index contributed by atoms with van der Waals surface area (Å²) in [5, 5.41) is 4.78. The number of H-pyrrole nitrogens is 1. The van der Waals surface area contributed by atoms with E-state index in [2.05, 4.69) is 45.5 Å². The van der Waals surface area contributed by atoms with Crippen LogP contribution >= 0.6 is 0 Å². The average Bonchev–Trinajstić information content (AvgIpc) is 3.53. The number of nitrogens with zero attached hydrogens (tertiary/aromatic N) is 7. The van der Waals surface area contributed by atoms with Crippen LogP contribution in [0.4, 0.5) is 14.6 Å². The monoisotopic (exact) mass is 638 g/mol. The topological polar surface area (TPSA) is 113 Å². The van der Waals surface area contributed by atoms with Gasteiger partial charge >= 0.3 is 5.69 Å². The molecule has 2 atom stereocenters. The quantitative estimate of drug-likeness (QED) is 0.224. The number of nitrogens with one attached hydrogen (secondary N) is 1. The highest BCUT2D eigenvalue weighted by atomic mass is 19.1. The number of amides is 1. The van der Waals surface area contributed by atoms with E-state index >= 15 is 8.78 Å². The third kappa shape index (κ3) is 6.15. The number of aromatic amines is 1. The van der Waals surface area contributed by atoms with E-state index in [0.717, 1.165) is 17.0 Å². The van der Waals surface area contributed by atoms with E-state index in [1.54, 1.807) is 29.4 Å². The summed E-state index contributed by atoms with van der Waals surface area (Å²) in [6.07, 6.45) is 5.10. The fraction of sp³-hybridized carbons (Fsp3) is 0.314. The fourth-order valence-corrected chi connectivity index (χ4v) is 6.23. The van der Waals surface area contributed by atoms with E-state index in [4.69, 9.17) is 0 Å². The van der Waals surface area contributed by atoms with Crippen molar-refractivity contribution in [1.82, 2.24) is 34.6 Å². The molecule has 1 fully saturated rings. The first-order valence-electron chi connectivity index (χ1n) is 15.6. The van der Waals surface area contributed by atoms with Crippen LogP contribution in [0.25, 0.3) is 33.5 Å². The standard InChI is InChI=1S/C35H36F2N8O2/c1-6-30(46)43-18-22(5)44(19-21(43)4)34-25-17-27(37)32(40-33(25)41-35(47)42-34)31-23(8-7-9-26(31)36)12-15-45-29(11-14-39-45)24-10-13-38-28(16-24)20(2)3/h6-11,13-14,16-17,20-22H,1,12,15,18-19H2,2-5H3,(H,40,41,42,47)/t21-,22+/m1/s1. The van der Waals surface area contributed by atoms with Gasteiger partial charge in [-0.15, -0.1) is 0 Å². The molecular formula is C35H36F2N8O2. The molecule has 12 heteroatoms. The zero-order valence-electron chi connectivity index (χ0n) is 26.7. The van der Waals surface area contributed by atoms with Crippen molar-refractivity contribution in [3.63, 3.8) is 0 Å². The number of benzene rings is 1. The van der Waals surface area contributed by atoms with Crippen molar-refractivity contribution in [2.75, 3.05) is 18.0 Å². The van der Waals surface area contributed by atoms with Crippen LogP contribution in [-0.2, 0) is 17.8 Å². The molecule has 47 heavy (non-hydrogen) atoms. The molecule has 4 aromatic heterocycles. The van der Waals surface area contributed by atoms with Crippen molar-refractivity contribution in [2.45, 2.75) is 58.7 Å². The van der Waals surface area contributed by atoms with Gasteiger partial charge in [0.1, 0.15) is 28.8 Å². The summed E-state index contributed by atoms with van der Waals surface area (Å²) in [5.74, 6) is -1.06. The van der Waals surface area contributed by atoms with Gasteiger partial charge in [-0.05, 0) is 68.2 Å². The van der Waals surface area contributed by atoms with Gasteiger partial charge in [0.15, 0.2) is 0 Å². The number of pyridine rings is 2. The van der Waals surface area contributed by atoms with E-state index in [9.17, 15) is 9.59 Å². The molecule has 0 spiro atoms. The van der Waals surface area contributed by atoms with Crippen LogP contribution in [0, 0.1) is 11.6 Å². The number of hydrogen-bond acceptors (Lipinski definition) is 7. The van der Waals surface area contributed by atoms with Crippen LogP contribution in [-0.4, -0.2) is 65.7 Å². The van der Waals surface area contributed by atoms with E-state index in [0.29, 0.717) is 31.6 Å². The third-order valence-corrected chi connectivity index (χ3v) is 8.68. The van der Waals surface area contributed by atoms with E-state index in [1.807, 2.05) is 41.6 Å². The number of carbonyl (C=O) groups is 1. The van der Waals surface area contributed by atoms with Crippen molar-refractivity contribution in [1.29, 1.82) is 0 Å². The summed E-state index contributed by atoms with van der Waals surface area (Å²) < 4.78 is 33.4. The molecule has 1 amide bonds. The van der Waals surface area contributed by atoms with Crippen molar-refractivity contribution >= 4 is 22.8 Å². The Bertz CT molecular complexity index is 2040. The molecule has 0 saturated carbocycles. The normalized spacial score (nSPS) is 16.7. The van der Waals surface area contributed by atoms with E-state index in [-0.39, 0.29) is 52.0 Å². The molecule has 1 aliphatic rings. The Morgan fingerprint density at radius 2 is 1.87 bits per heavy atom. The van der Waals surface area contributed by atoms with Gasteiger partial charge in [0, 0.05) is 60.9 Å². The Labute approximate surface area is 270 Å². The number of fused-ring (bicyclic) bond motifs is 1. The first-order chi connectivity index (χ1) is 22.5. The molecule has 0 radical (unpaired) electrons. The predicted octanol–water partition coefficient (Wildman–Crippen LogP) is 5.50. The summed E-state index contributed by atoms with van der Waals surface area (Å²) >= 11 is 0. The minimum Gasteiger partial charge on any atom is -0.349 e. The number of hydrogen-bond donors (Lipinski definition) is 1. The van der Waals surface area contributed by atoms with Crippen molar-refractivity contribution < 1.29 is 13.6 Å². The Morgan fingerprint density at radius 3 is 2.64 bits per heavy atom. The first-order valence-corrected chi connectivity index (χ1v) is 15.6. The van der Waals surface area contributed by atoms with Crippen LogP contribution in [0.15, 0.2) is 72.3 Å². The summed E-state index contributed by atoms with van der Waals surface area (Å²) in [4.78, 5) is 44.4.